The minimum Gasteiger partial charge on any atom is -0.489 e. The fourth-order valence-corrected chi connectivity index (χ4v) is 3.15. The number of hydrogen-bond acceptors (Lipinski definition) is 4. The van der Waals surface area contributed by atoms with E-state index in [0.717, 1.165) is 53.2 Å². The molecule has 0 saturated carbocycles. The van der Waals surface area contributed by atoms with E-state index in [1.807, 2.05) is 25.1 Å². The maximum Gasteiger partial charge on any atom is 0.145 e. The smallest absolute Gasteiger partial charge is 0.145 e. The third kappa shape index (κ3) is 2.87. The molecule has 0 amide bonds. The van der Waals surface area contributed by atoms with E-state index in [2.05, 4.69) is 29.3 Å². The van der Waals surface area contributed by atoms with Crippen LogP contribution in [-0.4, -0.2) is 34.5 Å². The molecule has 3 aromatic rings. The molecule has 3 heterocycles. The Bertz CT molecular complexity index is 866. The second-order valence-electron chi connectivity index (χ2n) is 6.36. The van der Waals surface area contributed by atoms with Gasteiger partial charge in [0.05, 0.1) is 11.8 Å². The molecule has 0 spiro atoms. The van der Waals surface area contributed by atoms with E-state index in [-0.39, 0.29) is 6.10 Å². The molecule has 1 aromatic carbocycles. The number of rotatable bonds is 4. The predicted molar refractivity (Wildman–Crippen MR) is 93.3 cm³/mol. The number of benzene rings is 1. The van der Waals surface area contributed by atoms with Gasteiger partial charge in [0.25, 0.3) is 0 Å². The Kier molecular flexibility index (Phi) is 3.94. The number of H-pyrrole nitrogens is 1. The summed E-state index contributed by atoms with van der Waals surface area (Å²) in [5.41, 5.74) is 4.78. The van der Waals surface area contributed by atoms with Gasteiger partial charge in [0.2, 0.25) is 0 Å². The van der Waals surface area contributed by atoms with Crippen LogP contribution in [0, 0.1) is 13.8 Å². The first-order valence-electron chi connectivity index (χ1n) is 8.38. The third-order valence-electron chi connectivity index (χ3n) is 4.43. The Hall–Kier alpha value is -2.40. The Labute approximate surface area is 141 Å². The van der Waals surface area contributed by atoms with Gasteiger partial charge in [-0.3, -0.25) is 5.10 Å². The molecule has 1 N–H and O–H groups in total. The van der Waals surface area contributed by atoms with Crippen molar-refractivity contribution in [3.63, 3.8) is 0 Å². The number of aryl methyl sites for hydroxylation is 2. The summed E-state index contributed by atoms with van der Waals surface area (Å²) in [4.78, 5) is 4.82. The van der Waals surface area contributed by atoms with E-state index in [0.29, 0.717) is 6.61 Å². The van der Waals surface area contributed by atoms with Crippen LogP contribution in [0.25, 0.3) is 22.3 Å². The standard InChI is InChI=1S/C19H21N3O2/c1-12-9-16(17-10-13(2)21-22-17)20-19-15(12)6-3-7-18(19)24-11-14-5-4-8-23-14/h3,6-7,9-10,14H,4-5,8,11H2,1-2H3,(H,21,22). The van der Waals surface area contributed by atoms with Crippen molar-refractivity contribution >= 4 is 10.9 Å². The zero-order chi connectivity index (χ0) is 16.5. The first-order chi connectivity index (χ1) is 11.7. The van der Waals surface area contributed by atoms with Gasteiger partial charge in [-0.1, -0.05) is 12.1 Å². The first kappa shape index (κ1) is 15.1. The second kappa shape index (κ2) is 6.24. The number of pyridine rings is 1. The Morgan fingerprint density at radius 1 is 1.25 bits per heavy atom. The number of hydrogen-bond donors (Lipinski definition) is 1. The quantitative estimate of drug-likeness (QED) is 0.793. The minimum atomic E-state index is 0.193. The van der Waals surface area contributed by atoms with Gasteiger partial charge in [0, 0.05) is 17.7 Å². The molecule has 1 atom stereocenters. The van der Waals surface area contributed by atoms with Crippen LogP contribution in [0.3, 0.4) is 0 Å². The van der Waals surface area contributed by atoms with E-state index in [9.17, 15) is 0 Å². The normalized spacial score (nSPS) is 17.5. The van der Waals surface area contributed by atoms with Crippen molar-refractivity contribution in [2.24, 2.45) is 0 Å². The van der Waals surface area contributed by atoms with Crippen molar-refractivity contribution in [3.8, 4) is 17.1 Å². The van der Waals surface area contributed by atoms with Gasteiger partial charge in [-0.15, -0.1) is 0 Å². The lowest BCUT2D eigenvalue weighted by atomic mass is 10.1. The van der Waals surface area contributed by atoms with E-state index in [4.69, 9.17) is 14.5 Å². The van der Waals surface area contributed by atoms with Gasteiger partial charge in [0.1, 0.15) is 23.6 Å². The van der Waals surface area contributed by atoms with Crippen LogP contribution in [0.15, 0.2) is 30.3 Å². The van der Waals surface area contributed by atoms with Crippen LogP contribution < -0.4 is 4.74 Å². The molecule has 0 radical (unpaired) electrons. The third-order valence-corrected chi connectivity index (χ3v) is 4.43. The molecule has 4 rings (SSSR count). The molecule has 1 fully saturated rings. The molecule has 1 unspecified atom stereocenters. The summed E-state index contributed by atoms with van der Waals surface area (Å²) in [5.74, 6) is 0.806. The molecular formula is C19H21N3O2. The average molecular weight is 323 g/mol. The molecule has 5 heteroatoms. The second-order valence-corrected chi connectivity index (χ2v) is 6.36. The zero-order valence-corrected chi connectivity index (χ0v) is 14.0. The number of aromatic nitrogens is 3. The number of para-hydroxylation sites is 1. The zero-order valence-electron chi connectivity index (χ0n) is 14.0. The van der Waals surface area contributed by atoms with Crippen molar-refractivity contribution in [3.05, 3.63) is 41.6 Å². The van der Waals surface area contributed by atoms with Gasteiger partial charge in [0.15, 0.2) is 0 Å². The van der Waals surface area contributed by atoms with Crippen molar-refractivity contribution in [1.82, 2.24) is 15.2 Å². The highest BCUT2D eigenvalue weighted by molar-refractivity contribution is 5.89. The van der Waals surface area contributed by atoms with Crippen molar-refractivity contribution in [2.45, 2.75) is 32.8 Å². The van der Waals surface area contributed by atoms with Crippen LogP contribution in [0.4, 0.5) is 0 Å². The average Bonchev–Trinajstić information content (AvgIpc) is 3.24. The number of ether oxygens (including phenoxy) is 2. The van der Waals surface area contributed by atoms with Gasteiger partial charge in [-0.25, -0.2) is 4.98 Å². The van der Waals surface area contributed by atoms with Gasteiger partial charge in [-0.05, 0) is 50.5 Å². The van der Waals surface area contributed by atoms with Crippen LogP contribution in [0.5, 0.6) is 5.75 Å². The highest BCUT2D eigenvalue weighted by atomic mass is 16.5. The molecule has 5 nitrogen and oxygen atoms in total. The number of aromatic amines is 1. The molecule has 0 bridgehead atoms. The van der Waals surface area contributed by atoms with Crippen molar-refractivity contribution < 1.29 is 9.47 Å². The number of fused-ring (bicyclic) bond motifs is 1. The van der Waals surface area contributed by atoms with E-state index < -0.39 is 0 Å². The van der Waals surface area contributed by atoms with Crippen LogP contribution >= 0.6 is 0 Å². The summed E-state index contributed by atoms with van der Waals surface area (Å²) >= 11 is 0. The van der Waals surface area contributed by atoms with Crippen LogP contribution in [-0.2, 0) is 4.74 Å². The molecule has 1 aliphatic heterocycles. The summed E-state index contributed by atoms with van der Waals surface area (Å²) in [6.45, 7) is 5.49. The van der Waals surface area contributed by atoms with E-state index in [1.54, 1.807) is 0 Å². The maximum atomic E-state index is 6.04. The van der Waals surface area contributed by atoms with Crippen LogP contribution in [0.1, 0.15) is 24.1 Å². The SMILES string of the molecule is Cc1cc(-c2cc(C)c3cccc(OCC4CCCO4)c3n2)n[nH]1. The van der Waals surface area contributed by atoms with Gasteiger partial charge in [-0.2, -0.15) is 5.10 Å². The summed E-state index contributed by atoms with van der Waals surface area (Å²) < 4.78 is 11.7. The number of nitrogens with zero attached hydrogens (tertiary/aromatic N) is 2. The predicted octanol–water partition coefficient (Wildman–Crippen LogP) is 3.80. The van der Waals surface area contributed by atoms with Crippen molar-refractivity contribution in [1.29, 1.82) is 0 Å². The Morgan fingerprint density at radius 2 is 2.17 bits per heavy atom. The summed E-state index contributed by atoms with van der Waals surface area (Å²) in [7, 11) is 0. The molecule has 1 saturated heterocycles. The van der Waals surface area contributed by atoms with Crippen LogP contribution in [0.2, 0.25) is 0 Å². The highest BCUT2D eigenvalue weighted by Gasteiger charge is 2.17. The fourth-order valence-electron chi connectivity index (χ4n) is 3.15. The monoisotopic (exact) mass is 323 g/mol. The molecule has 1 aliphatic rings. The Balaban J connectivity index is 1.72. The van der Waals surface area contributed by atoms with Gasteiger partial charge >= 0.3 is 0 Å². The summed E-state index contributed by atoms with van der Waals surface area (Å²) in [6.07, 6.45) is 2.37. The topological polar surface area (TPSA) is 60.0 Å². The molecule has 124 valence electrons. The largest absolute Gasteiger partial charge is 0.489 e. The molecular weight excluding hydrogens is 302 g/mol. The highest BCUT2D eigenvalue weighted by Crippen LogP contribution is 2.30. The lowest BCUT2D eigenvalue weighted by molar-refractivity contribution is 0.0684. The minimum absolute atomic E-state index is 0.193. The first-order valence-corrected chi connectivity index (χ1v) is 8.38. The van der Waals surface area contributed by atoms with Crippen molar-refractivity contribution in [2.75, 3.05) is 13.2 Å². The summed E-state index contributed by atoms with van der Waals surface area (Å²) in [5, 5.41) is 8.41. The lowest BCUT2D eigenvalue weighted by Crippen LogP contribution is -2.16. The Morgan fingerprint density at radius 3 is 2.92 bits per heavy atom. The number of nitrogens with one attached hydrogen (secondary N) is 1. The van der Waals surface area contributed by atoms with E-state index in [1.165, 1.54) is 5.56 Å². The van der Waals surface area contributed by atoms with E-state index >= 15 is 0 Å². The fraction of sp³-hybridized carbons (Fsp3) is 0.368. The molecule has 2 aromatic heterocycles. The van der Waals surface area contributed by atoms with Gasteiger partial charge < -0.3 is 9.47 Å². The molecule has 24 heavy (non-hydrogen) atoms. The maximum absolute atomic E-state index is 6.04. The summed E-state index contributed by atoms with van der Waals surface area (Å²) in [6, 6.07) is 10.1. The molecule has 0 aliphatic carbocycles. The lowest BCUT2D eigenvalue weighted by Gasteiger charge is -2.14.